The molecule has 2 aromatic carbocycles. The molecule has 2 rings (SSSR count). The van der Waals surface area contributed by atoms with Gasteiger partial charge in [-0.1, -0.05) is 18.2 Å². The van der Waals surface area contributed by atoms with Crippen LogP contribution in [-0.4, -0.2) is 6.61 Å². The fourth-order valence-electron chi connectivity index (χ4n) is 1.72. The van der Waals surface area contributed by atoms with Crippen LogP contribution in [0.2, 0.25) is 0 Å². The average molecular weight is 317 g/mol. The molecule has 0 aliphatic rings. The van der Waals surface area contributed by atoms with E-state index in [9.17, 15) is 0 Å². The van der Waals surface area contributed by atoms with Crippen LogP contribution in [0, 0.1) is 11.3 Å². The van der Waals surface area contributed by atoms with Crippen molar-refractivity contribution in [2.75, 3.05) is 12.3 Å². The number of nitrogens with zero attached hydrogens (tertiary/aromatic N) is 1. The van der Waals surface area contributed by atoms with Crippen molar-refractivity contribution < 1.29 is 4.74 Å². The second kappa shape index (κ2) is 6.26. The zero-order valence-corrected chi connectivity index (χ0v) is 11.9. The van der Waals surface area contributed by atoms with E-state index in [2.05, 4.69) is 22.0 Å². The first kappa shape index (κ1) is 13.4. The molecule has 19 heavy (non-hydrogen) atoms. The summed E-state index contributed by atoms with van der Waals surface area (Å²) < 4.78 is 6.47. The van der Waals surface area contributed by atoms with Gasteiger partial charge in [-0.15, -0.1) is 0 Å². The zero-order valence-electron chi connectivity index (χ0n) is 10.3. The molecule has 0 fully saturated rings. The van der Waals surface area contributed by atoms with Crippen LogP contribution in [0.3, 0.4) is 0 Å². The van der Waals surface area contributed by atoms with Gasteiger partial charge in [0.05, 0.1) is 22.7 Å². The summed E-state index contributed by atoms with van der Waals surface area (Å²) in [5, 5.41) is 8.78. The van der Waals surface area contributed by atoms with E-state index in [0.717, 1.165) is 27.9 Å². The Morgan fingerprint density at radius 1 is 1.21 bits per heavy atom. The molecule has 2 N–H and O–H groups in total. The molecule has 0 saturated heterocycles. The minimum atomic E-state index is 0.540. The first-order chi connectivity index (χ1) is 9.20. The number of hydrogen-bond donors (Lipinski definition) is 1. The van der Waals surface area contributed by atoms with Gasteiger partial charge in [-0.3, -0.25) is 0 Å². The molecule has 0 heterocycles. The van der Waals surface area contributed by atoms with E-state index in [1.807, 2.05) is 24.3 Å². The second-order valence-corrected chi connectivity index (χ2v) is 4.91. The first-order valence-electron chi connectivity index (χ1n) is 5.86. The highest BCUT2D eigenvalue weighted by Crippen LogP contribution is 2.26. The summed E-state index contributed by atoms with van der Waals surface area (Å²) >= 11 is 3.39. The number of halogens is 1. The Morgan fingerprint density at radius 2 is 2.00 bits per heavy atom. The Balaban J connectivity index is 1.97. The van der Waals surface area contributed by atoms with Crippen LogP contribution in [-0.2, 0) is 6.42 Å². The summed E-state index contributed by atoms with van der Waals surface area (Å²) in [6.07, 6.45) is 0.749. The van der Waals surface area contributed by atoms with Gasteiger partial charge in [0, 0.05) is 12.1 Å². The van der Waals surface area contributed by atoms with Gasteiger partial charge in [0.1, 0.15) is 5.75 Å². The standard InChI is InChI=1S/C15H13BrN2O/c16-13-9-11(10-17)5-6-15(13)19-8-7-12-3-1-2-4-14(12)18/h1-6,9H,7-8,18H2. The minimum absolute atomic E-state index is 0.540. The largest absolute Gasteiger partial charge is 0.492 e. The quantitative estimate of drug-likeness (QED) is 0.878. The molecule has 0 unspecified atom stereocenters. The van der Waals surface area contributed by atoms with E-state index in [4.69, 9.17) is 15.7 Å². The third kappa shape index (κ3) is 3.49. The van der Waals surface area contributed by atoms with Crippen LogP contribution >= 0.6 is 15.9 Å². The topological polar surface area (TPSA) is 59.0 Å². The molecule has 0 spiro atoms. The molecule has 0 aliphatic heterocycles. The van der Waals surface area contributed by atoms with Gasteiger partial charge in [0.2, 0.25) is 0 Å². The van der Waals surface area contributed by atoms with Gasteiger partial charge < -0.3 is 10.5 Å². The Kier molecular flexibility index (Phi) is 4.43. The van der Waals surface area contributed by atoms with Crippen LogP contribution < -0.4 is 10.5 Å². The predicted molar refractivity (Wildman–Crippen MR) is 78.9 cm³/mol. The van der Waals surface area contributed by atoms with Crippen LogP contribution in [0.4, 0.5) is 5.69 Å². The number of nitrogen functional groups attached to an aromatic ring is 1. The second-order valence-electron chi connectivity index (χ2n) is 4.05. The van der Waals surface area contributed by atoms with Crippen molar-refractivity contribution in [1.82, 2.24) is 0 Å². The number of para-hydroxylation sites is 1. The Morgan fingerprint density at radius 3 is 2.68 bits per heavy atom. The maximum absolute atomic E-state index is 8.78. The molecule has 3 nitrogen and oxygen atoms in total. The maximum atomic E-state index is 8.78. The lowest BCUT2D eigenvalue weighted by molar-refractivity contribution is 0.320. The molecule has 4 heteroatoms. The summed E-state index contributed by atoms with van der Waals surface area (Å²) in [6.45, 7) is 0.540. The monoisotopic (exact) mass is 316 g/mol. The number of nitrogens with two attached hydrogens (primary N) is 1. The molecule has 0 aliphatic carbocycles. The van der Waals surface area contributed by atoms with Crippen molar-refractivity contribution in [3.05, 3.63) is 58.1 Å². The van der Waals surface area contributed by atoms with Gasteiger partial charge in [-0.2, -0.15) is 5.26 Å². The normalized spacial score (nSPS) is 9.89. The SMILES string of the molecule is N#Cc1ccc(OCCc2ccccc2N)c(Br)c1. The average Bonchev–Trinajstić information content (AvgIpc) is 2.42. The van der Waals surface area contributed by atoms with Crippen molar-refractivity contribution >= 4 is 21.6 Å². The molecule has 0 bridgehead atoms. The highest BCUT2D eigenvalue weighted by Gasteiger charge is 2.03. The number of rotatable bonds is 4. The summed E-state index contributed by atoms with van der Waals surface area (Å²) in [7, 11) is 0. The van der Waals surface area contributed by atoms with Gasteiger partial charge in [0.15, 0.2) is 0 Å². The Labute approximate surface area is 120 Å². The lowest BCUT2D eigenvalue weighted by atomic mass is 10.1. The lowest BCUT2D eigenvalue weighted by Crippen LogP contribution is -2.04. The molecular weight excluding hydrogens is 304 g/mol. The van der Waals surface area contributed by atoms with E-state index >= 15 is 0 Å². The van der Waals surface area contributed by atoms with Gasteiger partial charge >= 0.3 is 0 Å². The van der Waals surface area contributed by atoms with Crippen LogP contribution in [0.1, 0.15) is 11.1 Å². The lowest BCUT2D eigenvalue weighted by Gasteiger charge is -2.09. The summed E-state index contributed by atoms with van der Waals surface area (Å²) in [5.74, 6) is 0.730. The zero-order chi connectivity index (χ0) is 13.7. The number of hydrogen-bond acceptors (Lipinski definition) is 3. The molecule has 0 radical (unpaired) electrons. The van der Waals surface area contributed by atoms with E-state index in [1.165, 1.54) is 0 Å². The number of nitriles is 1. The number of ether oxygens (including phenoxy) is 1. The third-order valence-corrected chi connectivity index (χ3v) is 3.36. The van der Waals surface area contributed by atoms with Crippen molar-refractivity contribution in [2.45, 2.75) is 6.42 Å². The molecule has 0 amide bonds. The first-order valence-corrected chi connectivity index (χ1v) is 6.66. The maximum Gasteiger partial charge on any atom is 0.133 e. The number of anilines is 1. The number of benzene rings is 2. The highest BCUT2D eigenvalue weighted by molar-refractivity contribution is 9.10. The summed E-state index contributed by atoms with van der Waals surface area (Å²) in [4.78, 5) is 0. The minimum Gasteiger partial charge on any atom is -0.492 e. The van der Waals surface area contributed by atoms with E-state index in [1.54, 1.807) is 18.2 Å². The summed E-state index contributed by atoms with van der Waals surface area (Å²) in [5.41, 5.74) is 8.33. The molecule has 0 saturated carbocycles. The van der Waals surface area contributed by atoms with Crippen LogP contribution in [0.5, 0.6) is 5.75 Å². The molecule has 96 valence electrons. The molecule has 2 aromatic rings. The Bertz CT molecular complexity index is 620. The van der Waals surface area contributed by atoms with Gasteiger partial charge in [-0.05, 0) is 45.8 Å². The summed E-state index contributed by atoms with van der Waals surface area (Å²) in [6, 6.07) is 15.1. The van der Waals surface area contributed by atoms with Crippen LogP contribution in [0.25, 0.3) is 0 Å². The Hall–Kier alpha value is -1.99. The van der Waals surface area contributed by atoms with E-state index in [-0.39, 0.29) is 0 Å². The third-order valence-electron chi connectivity index (χ3n) is 2.75. The van der Waals surface area contributed by atoms with Crippen molar-refractivity contribution in [3.8, 4) is 11.8 Å². The van der Waals surface area contributed by atoms with Crippen molar-refractivity contribution in [1.29, 1.82) is 5.26 Å². The predicted octanol–water partition coefficient (Wildman–Crippen LogP) is 3.52. The van der Waals surface area contributed by atoms with E-state index < -0.39 is 0 Å². The smallest absolute Gasteiger partial charge is 0.133 e. The fourth-order valence-corrected chi connectivity index (χ4v) is 2.21. The molecular formula is C15H13BrN2O. The van der Waals surface area contributed by atoms with Crippen LogP contribution in [0.15, 0.2) is 46.9 Å². The highest BCUT2D eigenvalue weighted by atomic mass is 79.9. The van der Waals surface area contributed by atoms with Gasteiger partial charge in [-0.25, -0.2) is 0 Å². The van der Waals surface area contributed by atoms with Crippen molar-refractivity contribution in [2.24, 2.45) is 0 Å². The molecule has 0 aromatic heterocycles. The van der Waals surface area contributed by atoms with Gasteiger partial charge in [0.25, 0.3) is 0 Å². The molecule has 0 atom stereocenters. The van der Waals surface area contributed by atoms with E-state index in [0.29, 0.717) is 12.2 Å². The fraction of sp³-hybridized carbons (Fsp3) is 0.133. The van der Waals surface area contributed by atoms with Crippen molar-refractivity contribution in [3.63, 3.8) is 0 Å².